The van der Waals surface area contributed by atoms with Gasteiger partial charge in [-0.25, -0.2) is 22.7 Å². The molecule has 0 bridgehead atoms. The van der Waals surface area contributed by atoms with Crippen LogP contribution in [0.5, 0.6) is 0 Å². The van der Waals surface area contributed by atoms with Gasteiger partial charge in [0.05, 0.1) is 28.6 Å². The zero-order valence-electron chi connectivity index (χ0n) is 15.1. The van der Waals surface area contributed by atoms with Crippen LogP contribution in [0.15, 0.2) is 52.2 Å². The van der Waals surface area contributed by atoms with E-state index in [0.29, 0.717) is 22.2 Å². The summed E-state index contributed by atoms with van der Waals surface area (Å²) in [5, 5.41) is 0. The number of carbonyl (C=O) groups is 1. The summed E-state index contributed by atoms with van der Waals surface area (Å²) in [4.78, 5) is 23.5. The molecular formula is C18H19N3O5S. The maximum atomic E-state index is 12.6. The van der Waals surface area contributed by atoms with Crippen LogP contribution in [0.2, 0.25) is 0 Å². The Hall–Kier alpha value is -2.91. The predicted octanol–water partition coefficient (Wildman–Crippen LogP) is 1.14. The van der Waals surface area contributed by atoms with Crippen molar-refractivity contribution in [2.45, 2.75) is 11.4 Å². The second-order valence-electron chi connectivity index (χ2n) is 6.06. The predicted molar refractivity (Wildman–Crippen MR) is 100.0 cm³/mol. The average Bonchev–Trinajstić information content (AvgIpc) is 2.90. The van der Waals surface area contributed by atoms with Crippen molar-refractivity contribution in [3.05, 3.63) is 64.1 Å². The van der Waals surface area contributed by atoms with Gasteiger partial charge in [-0.05, 0) is 35.9 Å². The highest BCUT2D eigenvalue weighted by molar-refractivity contribution is 7.89. The lowest BCUT2D eigenvalue weighted by atomic mass is 10.1. The van der Waals surface area contributed by atoms with E-state index in [1.54, 1.807) is 44.4 Å². The topological polar surface area (TPSA) is 99.4 Å². The SMILES string of the molecule is COC(=O)c1ccc(CNS(=O)(=O)c2ccc3c(c2)n(C)c(=O)n3C)cc1. The van der Waals surface area contributed by atoms with E-state index in [0.717, 1.165) is 0 Å². The Bertz CT molecular complexity index is 1170. The Morgan fingerprint density at radius 2 is 1.67 bits per heavy atom. The number of aromatic nitrogens is 2. The molecule has 2 aromatic carbocycles. The van der Waals surface area contributed by atoms with Gasteiger partial charge < -0.3 is 4.74 Å². The molecule has 1 aromatic heterocycles. The summed E-state index contributed by atoms with van der Waals surface area (Å²) >= 11 is 0. The van der Waals surface area contributed by atoms with Gasteiger partial charge in [0, 0.05) is 20.6 Å². The molecule has 3 rings (SSSR count). The quantitative estimate of drug-likeness (QED) is 0.660. The number of ether oxygens (including phenoxy) is 1. The molecule has 0 unspecified atom stereocenters. The summed E-state index contributed by atoms with van der Waals surface area (Å²) in [6, 6.07) is 11.0. The van der Waals surface area contributed by atoms with E-state index in [1.807, 2.05) is 0 Å². The van der Waals surface area contributed by atoms with Crippen molar-refractivity contribution < 1.29 is 17.9 Å². The van der Waals surface area contributed by atoms with Gasteiger partial charge in [0.15, 0.2) is 0 Å². The fraction of sp³-hybridized carbons (Fsp3) is 0.222. The van der Waals surface area contributed by atoms with Crippen molar-refractivity contribution >= 4 is 27.0 Å². The van der Waals surface area contributed by atoms with Gasteiger partial charge in [0.1, 0.15) is 0 Å². The first-order valence-corrected chi connectivity index (χ1v) is 9.55. The number of nitrogens with zero attached hydrogens (tertiary/aromatic N) is 2. The molecule has 1 heterocycles. The smallest absolute Gasteiger partial charge is 0.337 e. The minimum atomic E-state index is -3.77. The Balaban J connectivity index is 1.82. The van der Waals surface area contributed by atoms with Gasteiger partial charge in [-0.2, -0.15) is 0 Å². The molecule has 3 aromatic rings. The van der Waals surface area contributed by atoms with Crippen LogP contribution in [0.3, 0.4) is 0 Å². The third-order valence-corrected chi connectivity index (χ3v) is 5.79. The summed E-state index contributed by atoms with van der Waals surface area (Å²) in [6.45, 7) is 0.0650. The van der Waals surface area contributed by atoms with Crippen LogP contribution in [0, 0.1) is 0 Å². The highest BCUT2D eigenvalue weighted by Crippen LogP contribution is 2.18. The lowest BCUT2D eigenvalue weighted by Crippen LogP contribution is -2.23. The number of hydrogen-bond donors (Lipinski definition) is 1. The lowest BCUT2D eigenvalue weighted by molar-refractivity contribution is 0.0600. The van der Waals surface area contributed by atoms with E-state index in [2.05, 4.69) is 9.46 Å². The van der Waals surface area contributed by atoms with E-state index in [4.69, 9.17) is 0 Å². The van der Waals surface area contributed by atoms with E-state index < -0.39 is 16.0 Å². The number of fused-ring (bicyclic) bond motifs is 1. The zero-order valence-corrected chi connectivity index (χ0v) is 15.9. The summed E-state index contributed by atoms with van der Waals surface area (Å²) in [5.74, 6) is -0.455. The molecule has 0 amide bonds. The molecule has 8 nitrogen and oxygen atoms in total. The largest absolute Gasteiger partial charge is 0.465 e. The van der Waals surface area contributed by atoms with Crippen molar-refractivity contribution in [3.63, 3.8) is 0 Å². The summed E-state index contributed by atoms with van der Waals surface area (Å²) < 4.78 is 35.2. The molecule has 0 atom stereocenters. The molecule has 0 aliphatic heterocycles. The van der Waals surface area contributed by atoms with Gasteiger partial charge in [0.2, 0.25) is 10.0 Å². The van der Waals surface area contributed by atoms with E-state index >= 15 is 0 Å². The first-order valence-electron chi connectivity index (χ1n) is 8.07. The Morgan fingerprint density at radius 3 is 2.30 bits per heavy atom. The number of benzene rings is 2. The Morgan fingerprint density at radius 1 is 1.04 bits per heavy atom. The number of nitrogens with one attached hydrogen (secondary N) is 1. The van der Waals surface area contributed by atoms with Crippen LogP contribution in [0.1, 0.15) is 15.9 Å². The van der Waals surface area contributed by atoms with Crippen LogP contribution in [0.25, 0.3) is 11.0 Å². The van der Waals surface area contributed by atoms with Gasteiger partial charge >= 0.3 is 11.7 Å². The fourth-order valence-electron chi connectivity index (χ4n) is 2.79. The van der Waals surface area contributed by atoms with Crippen LogP contribution in [-0.2, 0) is 35.4 Å². The highest BCUT2D eigenvalue weighted by atomic mass is 32.2. The van der Waals surface area contributed by atoms with Crippen molar-refractivity contribution in [1.29, 1.82) is 0 Å². The van der Waals surface area contributed by atoms with Crippen LogP contribution in [0.4, 0.5) is 0 Å². The maximum Gasteiger partial charge on any atom is 0.337 e. The highest BCUT2D eigenvalue weighted by Gasteiger charge is 2.17. The van der Waals surface area contributed by atoms with E-state index in [-0.39, 0.29) is 17.1 Å². The molecule has 0 saturated heterocycles. The molecule has 142 valence electrons. The molecule has 1 N–H and O–H groups in total. The summed E-state index contributed by atoms with van der Waals surface area (Å²) in [7, 11) is 0.756. The van der Waals surface area contributed by atoms with Gasteiger partial charge in [-0.1, -0.05) is 12.1 Å². The first kappa shape index (κ1) is 18.9. The number of sulfonamides is 1. The van der Waals surface area contributed by atoms with E-state index in [9.17, 15) is 18.0 Å². The fourth-order valence-corrected chi connectivity index (χ4v) is 3.83. The minimum Gasteiger partial charge on any atom is -0.465 e. The molecule has 0 spiro atoms. The molecule has 9 heteroatoms. The molecule has 0 radical (unpaired) electrons. The number of methoxy groups -OCH3 is 1. The first-order chi connectivity index (χ1) is 12.7. The van der Waals surface area contributed by atoms with Crippen molar-refractivity contribution in [2.75, 3.05) is 7.11 Å². The number of carbonyl (C=O) groups excluding carboxylic acids is 1. The third kappa shape index (κ3) is 3.51. The Labute approximate surface area is 156 Å². The second-order valence-corrected chi connectivity index (χ2v) is 7.83. The normalized spacial score (nSPS) is 11.7. The van der Waals surface area contributed by atoms with Crippen LogP contribution in [-0.4, -0.2) is 30.6 Å². The summed E-state index contributed by atoms with van der Waals surface area (Å²) in [5.41, 5.74) is 2.05. The second kappa shape index (κ2) is 7.01. The zero-order chi connectivity index (χ0) is 19.8. The van der Waals surface area contributed by atoms with Crippen molar-refractivity contribution in [3.8, 4) is 0 Å². The standard InChI is InChI=1S/C18H19N3O5S/c1-20-15-9-8-14(10-16(15)21(2)18(20)23)27(24,25)19-11-12-4-6-13(7-5-12)17(22)26-3/h4-10,19H,11H2,1-3H3. The molecule has 0 saturated carbocycles. The maximum absolute atomic E-state index is 12.6. The number of rotatable bonds is 5. The van der Waals surface area contributed by atoms with Gasteiger partial charge in [0.25, 0.3) is 0 Å². The van der Waals surface area contributed by atoms with Crippen molar-refractivity contribution in [2.24, 2.45) is 14.1 Å². The molecule has 0 aliphatic rings. The number of esters is 1. The molecule has 0 aliphatic carbocycles. The minimum absolute atomic E-state index is 0.0650. The Kier molecular flexibility index (Phi) is 4.90. The van der Waals surface area contributed by atoms with Crippen LogP contribution >= 0.6 is 0 Å². The molecular weight excluding hydrogens is 370 g/mol. The lowest BCUT2D eigenvalue weighted by Gasteiger charge is -2.08. The summed E-state index contributed by atoms with van der Waals surface area (Å²) in [6.07, 6.45) is 0. The van der Waals surface area contributed by atoms with E-state index in [1.165, 1.54) is 28.4 Å². The molecule has 0 fully saturated rings. The third-order valence-electron chi connectivity index (χ3n) is 4.40. The average molecular weight is 389 g/mol. The van der Waals surface area contributed by atoms with Crippen molar-refractivity contribution in [1.82, 2.24) is 13.9 Å². The number of aryl methyl sites for hydroxylation is 2. The number of hydrogen-bond acceptors (Lipinski definition) is 5. The van der Waals surface area contributed by atoms with Gasteiger partial charge in [-0.3, -0.25) is 9.13 Å². The number of imidazole rings is 1. The molecule has 27 heavy (non-hydrogen) atoms. The van der Waals surface area contributed by atoms with Crippen LogP contribution < -0.4 is 10.4 Å². The van der Waals surface area contributed by atoms with Gasteiger partial charge in [-0.15, -0.1) is 0 Å². The monoisotopic (exact) mass is 389 g/mol.